The zero-order chi connectivity index (χ0) is 14.0. The van der Waals surface area contributed by atoms with Gasteiger partial charge in [0, 0.05) is 25.7 Å². The highest BCUT2D eigenvalue weighted by Crippen LogP contribution is 2.26. The molecule has 1 N–H and O–H groups in total. The van der Waals surface area contributed by atoms with Gasteiger partial charge in [0.15, 0.2) is 0 Å². The van der Waals surface area contributed by atoms with Crippen LogP contribution < -0.4 is 5.32 Å². The van der Waals surface area contributed by atoms with Gasteiger partial charge in [-0.1, -0.05) is 0 Å². The second-order valence-corrected chi connectivity index (χ2v) is 6.97. The van der Waals surface area contributed by atoms with E-state index >= 15 is 0 Å². The molecule has 0 radical (unpaired) electrons. The number of benzene rings is 1. The molecule has 0 spiro atoms. The predicted octanol–water partition coefficient (Wildman–Crippen LogP) is 1.71. The number of nitrogens with one attached hydrogen (secondary N) is 1. The summed E-state index contributed by atoms with van der Waals surface area (Å²) in [7, 11) is -3.93. The molecule has 1 aliphatic heterocycles. The first-order valence-electron chi connectivity index (χ1n) is 5.78. The number of nitrogens with zero attached hydrogens (tertiary/aromatic N) is 1. The fourth-order valence-corrected chi connectivity index (χ4v) is 3.95. The summed E-state index contributed by atoms with van der Waals surface area (Å²) in [5.41, 5.74) is 0. The molecule has 1 aliphatic rings. The van der Waals surface area contributed by atoms with Crippen molar-refractivity contribution in [2.45, 2.75) is 11.3 Å². The van der Waals surface area contributed by atoms with Gasteiger partial charge < -0.3 is 5.32 Å². The molecule has 0 saturated carbocycles. The van der Waals surface area contributed by atoms with Gasteiger partial charge in [0.1, 0.15) is 16.5 Å². The van der Waals surface area contributed by atoms with Crippen LogP contribution >= 0.6 is 15.9 Å². The number of hydrogen-bond donors (Lipinski definition) is 1. The third-order valence-corrected chi connectivity index (χ3v) is 5.41. The van der Waals surface area contributed by atoms with Crippen LogP contribution in [0, 0.1) is 11.6 Å². The molecule has 8 heteroatoms. The molecule has 1 aromatic rings. The fraction of sp³-hybridized carbons (Fsp3) is 0.455. The molecule has 1 fully saturated rings. The van der Waals surface area contributed by atoms with E-state index in [0.29, 0.717) is 25.6 Å². The van der Waals surface area contributed by atoms with Gasteiger partial charge in [-0.3, -0.25) is 0 Å². The van der Waals surface area contributed by atoms with E-state index in [1.54, 1.807) is 0 Å². The molecular formula is C11H13BrF2N2O2S. The monoisotopic (exact) mass is 354 g/mol. The SMILES string of the molecule is O=S(=O)(c1cc(Br)c(F)cc1F)N1CCCNCC1. The lowest BCUT2D eigenvalue weighted by Gasteiger charge is -2.20. The first-order valence-corrected chi connectivity index (χ1v) is 8.01. The van der Waals surface area contributed by atoms with Gasteiger partial charge in [-0.25, -0.2) is 17.2 Å². The van der Waals surface area contributed by atoms with Crippen molar-refractivity contribution >= 4 is 26.0 Å². The van der Waals surface area contributed by atoms with E-state index in [4.69, 9.17) is 0 Å². The average Bonchev–Trinajstić information content (AvgIpc) is 2.62. The Balaban J connectivity index is 2.41. The quantitative estimate of drug-likeness (QED) is 0.822. The Morgan fingerprint density at radius 3 is 2.63 bits per heavy atom. The summed E-state index contributed by atoms with van der Waals surface area (Å²) in [5.74, 6) is -1.90. The van der Waals surface area contributed by atoms with Crippen LogP contribution in [-0.4, -0.2) is 38.9 Å². The molecule has 0 aliphatic carbocycles. The van der Waals surface area contributed by atoms with E-state index in [2.05, 4.69) is 21.2 Å². The number of hydrogen-bond acceptors (Lipinski definition) is 3. The molecule has 0 unspecified atom stereocenters. The Kier molecular flexibility index (Phi) is 4.54. The molecule has 1 heterocycles. The fourth-order valence-electron chi connectivity index (χ4n) is 1.90. The summed E-state index contributed by atoms with van der Waals surface area (Å²) in [6.07, 6.45) is 0.656. The second kappa shape index (κ2) is 5.82. The van der Waals surface area contributed by atoms with Crippen molar-refractivity contribution in [3.63, 3.8) is 0 Å². The highest BCUT2D eigenvalue weighted by atomic mass is 79.9. The van der Waals surface area contributed by atoms with Crippen LogP contribution in [0.25, 0.3) is 0 Å². The first-order chi connectivity index (χ1) is 8.93. The maximum absolute atomic E-state index is 13.7. The molecule has 106 valence electrons. The van der Waals surface area contributed by atoms with E-state index in [9.17, 15) is 17.2 Å². The van der Waals surface area contributed by atoms with Crippen molar-refractivity contribution in [3.8, 4) is 0 Å². The molecule has 4 nitrogen and oxygen atoms in total. The van der Waals surface area contributed by atoms with Gasteiger partial charge in [-0.15, -0.1) is 0 Å². The zero-order valence-corrected chi connectivity index (χ0v) is 12.4. The van der Waals surface area contributed by atoms with Crippen molar-refractivity contribution in [3.05, 3.63) is 28.2 Å². The van der Waals surface area contributed by atoms with E-state index in [-0.39, 0.29) is 11.0 Å². The maximum Gasteiger partial charge on any atom is 0.246 e. The van der Waals surface area contributed by atoms with Crippen LogP contribution in [-0.2, 0) is 10.0 Å². The van der Waals surface area contributed by atoms with Crippen LogP contribution in [0.15, 0.2) is 21.5 Å². The molecular weight excluding hydrogens is 342 g/mol. The van der Waals surface area contributed by atoms with Crippen molar-refractivity contribution in [2.24, 2.45) is 0 Å². The first kappa shape index (κ1) is 14.8. The molecule has 2 rings (SSSR count). The van der Waals surface area contributed by atoms with E-state index < -0.39 is 26.6 Å². The molecule has 0 aromatic heterocycles. The van der Waals surface area contributed by atoms with Crippen LogP contribution in [0.2, 0.25) is 0 Å². The minimum Gasteiger partial charge on any atom is -0.315 e. The standard InChI is InChI=1S/C11H13BrF2N2O2S/c12-8-6-11(10(14)7-9(8)13)19(17,18)16-4-1-2-15-3-5-16/h6-7,15H,1-5H2. The Bertz CT molecular complexity index is 572. The van der Waals surface area contributed by atoms with Crippen molar-refractivity contribution in [2.75, 3.05) is 26.2 Å². The average molecular weight is 355 g/mol. The summed E-state index contributed by atoms with van der Waals surface area (Å²) in [5, 5.41) is 3.07. The third kappa shape index (κ3) is 3.13. The minimum absolute atomic E-state index is 0.0691. The van der Waals surface area contributed by atoms with Crippen molar-refractivity contribution in [1.29, 1.82) is 0 Å². The summed E-state index contributed by atoms with van der Waals surface area (Å²) >= 11 is 2.88. The molecule has 19 heavy (non-hydrogen) atoms. The predicted molar refractivity (Wildman–Crippen MR) is 70.3 cm³/mol. The van der Waals surface area contributed by atoms with E-state index in [0.717, 1.165) is 12.6 Å². The lowest BCUT2D eigenvalue weighted by atomic mass is 10.3. The summed E-state index contributed by atoms with van der Waals surface area (Å²) in [6, 6.07) is 1.55. The van der Waals surface area contributed by atoms with Crippen LogP contribution in [0.4, 0.5) is 8.78 Å². The lowest BCUT2D eigenvalue weighted by Crippen LogP contribution is -2.34. The smallest absolute Gasteiger partial charge is 0.246 e. The van der Waals surface area contributed by atoms with Crippen molar-refractivity contribution < 1.29 is 17.2 Å². The lowest BCUT2D eigenvalue weighted by molar-refractivity contribution is 0.426. The summed E-state index contributed by atoms with van der Waals surface area (Å²) in [6.45, 7) is 1.84. The Morgan fingerprint density at radius 2 is 1.89 bits per heavy atom. The Hall–Kier alpha value is -0.570. The molecule has 1 aromatic carbocycles. The van der Waals surface area contributed by atoms with Gasteiger partial charge in [-0.2, -0.15) is 4.31 Å². The largest absolute Gasteiger partial charge is 0.315 e. The molecule has 0 amide bonds. The van der Waals surface area contributed by atoms with E-state index in [1.165, 1.54) is 4.31 Å². The van der Waals surface area contributed by atoms with E-state index in [1.807, 2.05) is 0 Å². The van der Waals surface area contributed by atoms with Crippen molar-refractivity contribution in [1.82, 2.24) is 9.62 Å². The number of rotatable bonds is 2. The zero-order valence-electron chi connectivity index (χ0n) is 10.00. The molecule has 1 saturated heterocycles. The second-order valence-electron chi connectivity index (χ2n) is 4.20. The maximum atomic E-state index is 13.7. The Morgan fingerprint density at radius 1 is 1.16 bits per heavy atom. The van der Waals surface area contributed by atoms with Crippen LogP contribution in [0.1, 0.15) is 6.42 Å². The Labute approximate surface area is 119 Å². The van der Waals surface area contributed by atoms with Gasteiger partial charge in [0.25, 0.3) is 0 Å². The van der Waals surface area contributed by atoms with Crippen LogP contribution in [0.3, 0.4) is 0 Å². The summed E-state index contributed by atoms with van der Waals surface area (Å²) < 4.78 is 52.7. The summed E-state index contributed by atoms with van der Waals surface area (Å²) in [4.78, 5) is -0.498. The number of sulfonamides is 1. The van der Waals surface area contributed by atoms with Crippen LogP contribution in [0.5, 0.6) is 0 Å². The highest BCUT2D eigenvalue weighted by Gasteiger charge is 2.28. The van der Waals surface area contributed by atoms with Gasteiger partial charge in [0.05, 0.1) is 4.47 Å². The minimum atomic E-state index is -3.93. The highest BCUT2D eigenvalue weighted by molar-refractivity contribution is 9.10. The normalized spacial score (nSPS) is 18.3. The number of halogens is 3. The van der Waals surface area contributed by atoms with Gasteiger partial charge >= 0.3 is 0 Å². The third-order valence-electron chi connectivity index (χ3n) is 2.89. The molecule has 0 bridgehead atoms. The molecule has 0 atom stereocenters. The topological polar surface area (TPSA) is 49.4 Å². The van der Waals surface area contributed by atoms with Gasteiger partial charge in [-0.05, 0) is 35.0 Å². The van der Waals surface area contributed by atoms with Gasteiger partial charge in [0.2, 0.25) is 10.0 Å².